The van der Waals surface area contributed by atoms with Crippen LogP contribution in [-0.4, -0.2) is 31.6 Å². The Morgan fingerprint density at radius 1 is 1.11 bits per heavy atom. The lowest BCUT2D eigenvalue weighted by Crippen LogP contribution is -2.25. The predicted octanol–water partition coefficient (Wildman–Crippen LogP) is 1.98. The van der Waals surface area contributed by atoms with Crippen LogP contribution in [0.3, 0.4) is 0 Å². The number of ether oxygens (including phenoxy) is 1. The first-order valence-corrected chi connectivity index (χ1v) is 5.90. The summed E-state index contributed by atoms with van der Waals surface area (Å²) in [6.45, 7) is 2.15. The average Bonchev–Trinajstić information content (AvgIpc) is 2.39. The molecule has 0 saturated heterocycles. The minimum atomic E-state index is 0.428. The van der Waals surface area contributed by atoms with Gasteiger partial charge in [-0.1, -0.05) is 12.1 Å². The van der Waals surface area contributed by atoms with E-state index in [1.807, 2.05) is 31.3 Å². The molecule has 0 heterocycles. The van der Waals surface area contributed by atoms with Crippen molar-refractivity contribution in [3.8, 4) is 17.9 Å². The molecule has 94 valence electrons. The number of benzene rings is 1. The number of nitriles is 2. The van der Waals surface area contributed by atoms with E-state index >= 15 is 0 Å². The summed E-state index contributed by atoms with van der Waals surface area (Å²) in [5, 5.41) is 17.0. The van der Waals surface area contributed by atoms with Crippen LogP contribution < -0.4 is 4.74 Å². The molecule has 0 aliphatic rings. The van der Waals surface area contributed by atoms with Crippen molar-refractivity contribution < 1.29 is 4.74 Å². The molecule has 1 aromatic carbocycles. The minimum Gasteiger partial charge on any atom is -0.492 e. The zero-order valence-corrected chi connectivity index (χ0v) is 10.6. The Balaban J connectivity index is 2.27. The van der Waals surface area contributed by atoms with Gasteiger partial charge >= 0.3 is 0 Å². The zero-order chi connectivity index (χ0) is 13.2. The van der Waals surface area contributed by atoms with Gasteiger partial charge in [0.25, 0.3) is 0 Å². The molecule has 0 aromatic heterocycles. The molecule has 4 heteroatoms. The van der Waals surface area contributed by atoms with Crippen LogP contribution >= 0.6 is 0 Å². The van der Waals surface area contributed by atoms with Crippen molar-refractivity contribution in [3.63, 3.8) is 0 Å². The van der Waals surface area contributed by atoms with Gasteiger partial charge in [-0.3, -0.25) is 0 Å². The maximum absolute atomic E-state index is 8.55. The van der Waals surface area contributed by atoms with E-state index in [1.54, 1.807) is 0 Å². The molecule has 0 radical (unpaired) electrons. The summed E-state index contributed by atoms with van der Waals surface area (Å²) in [5.74, 6) is 0.811. The van der Waals surface area contributed by atoms with Gasteiger partial charge in [-0.25, -0.2) is 0 Å². The van der Waals surface area contributed by atoms with Gasteiger partial charge in [-0.2, -0.15) is 10.5 Å². The molecule has 0 aliphatic heterocycles. The fourth-order valence-corrected chi connectivity index (χ4v) is 1.47. The highest BCUT2D eigenvalue weighted by molar-refractivity contribution is 5.28. The largest absolute Gasteiger partial charge is 0.492 e. The van der Waals surface area contributed by atoms with Crippen LogP contribution in [0.1, 0.15) is 12.0 Å². The third kappa shape index (κ3) is 5.34. The SMILES string of the molecule is CN(CCC#N)CCOc1ccc(CC#N)cc1. The average molecular weight is 243 g/mol. The number of hydrogen-bond acceptors (Lipinski definition) is 4. The van der Waals surface area contributed by atoms with Crippen LogP contribution in [-0.2, 0) is 6.42 Å². The first-order valence-electron chi connectivity index (χ1n) is 5.90. The molecule has 1 aromatic rings. The van der Waals surface area contributed by atoms with Crippen LogP contribution in [0.15, 0.2) is 24.3 Å². The molecule has 0 atom stereocenters. The molecular weight excluding hydrogens is 226 g/mol. The van der Waals surface area contributed by atoms with Gasteiger partial charge in [0, 0.05) is 19.5 Å². The van der Waals surface area contributed by atoms with E-state index in [0.29, 0.717) is 19.4 Å². The lowest BCUT2D eigenvalue weighted by atomic mass is 10.2. The van der Waals surface area contributed by atoms with E-state index in [1.165, 1.54) is 0 Å². The highest BCUT2D eigenvalue weighted by Crippen LogP contribution is 2.12. The second-order valence-corrected chi connectivity index (χ2v) is 4.04. The van der Waals surface area contributed by atoms with Crippen LogP contribution in [0.25, 0.3) is 0 Å². The molecule has 0 unspecified atom stereocenters. The van der Waals surface area contributed by atoms with E-state index < -0.39 is 0 Å². The molecule has 0 saturated carbocycles. The number of hydrogen-bond donors (Lipinski definition) is 0. The molecule has 0 fully saturated rings. The van der Waals surface area contributed by atoms with Crippen LogP contribution in [0.5, 0.6) is 5.75 Å². The third-order valence-corrected chi connectivity index (χ3v) is 2.55. The summed E-state index contributed by atoms with van der Waals surface area (Å²) < 4.78 is 5.58. The Hall–Kier alpha value is -2.04. The van der Waals surface area contributed by atoms with Gasteiger partial charge in [-0.05, 0) is 24.7 Å². The molecule has 4 nitrogen and oxygen atoms in total. The highest BCUT2D eigenvalue weighted by Gasteiger charge is 1.99. The fraction of sp³-hybridized carbons (Fsp3) is 0.429. The van der Waals surface area contributed by atoms with Crippen LogP contribution in [0.4, 0.5) is 0 Å². The third-order valence-electron chi connectivity index (χ3n) is 2.55. The smallest absolute Gasteiger partial charge is 0.119 e. The van der Waals surface area contributed by atoms with Gasteiger partial charge in [0.15, 0.2) is 0 Å². The van der Waals surface area contributed by atoms with E-state index in [0.717, 1.165) is 24.4 Å². The molecular formula is C14H17N3O. The van der Waals surface area contributed by atoms with Crippen molar-refractivity contribution in [2.45, 2.75) is 12.8 Å². The summed E-state index contributed by atoms with van der Waals surface area (Å²) in [5.41, 5.74) is 0.996. The second kappa shape index (κ2) is 8.11. The van der Waals surface area contributed by atoms with E-state index in [9.17, 15) is 0 Å². The quantitative estimate of drug-likeness (QED) is 0.734. The van der Waals surface area contributed by atoms with Crippen molar-refractivity contribution in [1.82, 2.24) is 4.90 Å². The lowest BCUT2D eigenvalue weighted by molar-refractivity contribution is 0.240. The topological polar surface area (TPSA) is 60.1 Å². The summed E-state index contributed by atoms with van der Waals surface area (Å²) >= 11 is 0. The molecule has 0 aliphatic carbocycles. The van der Waals surface area contributed by atoms with E-state index in [4.69, 9.17) is 15.3 Å². The number of nitrogens with zero attached hydrogens (tertiary/aromatic N) is 3. The summed E-state index contributed by atoms with van der Waals surface area (Å²) in [7, 11) is 1.97. The zero-order valence-electron chi connectivity index (χ0n) is 10.6. The van der Waals surface area contributed by atoms with Crippen molar-refractivity contribution in [1.29, 1.82) is 10.5 Å². The molecule has 1 rings (SSSR count). The Kier molecular flexibility index (Phi) is 6.32. The Morgan fingerprint density at radius 2 is 1.83 bits per heavy atom. The molecule has 0 amide bonds. The standard InChI is InChI=1S/C14H17N3O/c1-17(10-2-8-15)11-12-18-14-5-3-13(4-6-14)7-9-16/h3-6H,2,7,10-12H2,1H3. The van der Waals surface area contributed by atoms with Crippen molar-refractivity contribution >= 4 is 0 Å². The number of rotatable bonds is 7. The molecule has 0 N–H and O–H groups in total. The van der Waals surface area contributed by atoms with Crippen molar-refractivity contribution in [2.24, 2.45) is 0 Å². The maximum atomic E-state index is 8.55. The van der Waals surface area contributed by atoms with E-state index in [-0.39, 0.29) is 0 Å². The van der Waals surface area contributed by atoms with Gasteiger partial charge in [0.2, 0.25) is 0 Å². The molecule has 18 heavy (non-hydrogen) atoms. The summed E-state index contributed by atoms with van der Waals surface area (Å²) in [6.07, 6.45) is 0.969. The Labute approximate surface area is 108 Å². The van der Waals surface area contributed by atoms with Gasteiger partial charge in [0.05, 0.1) is 18.6 Å². The normalized spacial score (nSPS) is 9.78. The first-order chi connectivity index (χ1) is 8.76. The molecule has 0 bridgehead atoms. The van der Waals surface area contributed by atoms with Crippen LogP contribution in [0.2, 0.25) is 0 Å². The predicted molar refractivity (Wildman–Crippen MR) is 69.0 cm³/mol. The Morgan fingerprint density at radius 3 is 2.44 bits per heavy atom. The first kappa shape index (κ1) is 14.0. The Bertz CT molecular complexity index is 428. The van der Waals surface area contributed by atoms with E-state index in [2.05, 4.69) is 17.0 Å². The second-order valence-electron chi connectivity index (χ2n) is 4.04. The lowest BCUT2D eigenvalue weighted by Gasteiger charge is -2.15. The van der Waals surface area contributed by atoms with Crippen molar-refractivity contribution in [2.75, 3.05) is 26.7 Å². The van der Waals surface area contributed by atoms with Gasteiger partial charge < -0.3 is 9.64 Å². The summed E-state index contributed by atoms with van der Waals surface area (Å²) in [6, 6.07) is 11.8. The minimum absolute atomic E-state index is 0.428. The maximum Gasteiger partial charge on any atom is 0.119 e. The van der Waals surface area contributed by atoms with Crippen LogP contribution in [0, 0.1) is 22.7 Å². The monoisotopic (exact) mass is 243 g/mol. The number of likely N-dealkylation sites (N-methyl/N-ethyl adjacent to an activating group) is 1. The highest BCUT2D eigenvalue weighted by atomic mass is 16.5. The van der Waals surface area contributed by atoms with Gasteiger partial charge in [-0.15, -0.1) is 0 Å². The summed E-state index contributed by atoms with van der Waals surface area (Å²) in [4.78, 5) is 2.06. The molecule has 0 spiro atoms. The van der Waals surface area contributed by atoms with Gasteiger partial charge in [0.1, 0.15) is 12.4 Å². The fourth-order valence-electron chi connectivity index (χ4n) is 1.47. The van der Waals surface area contributed by atoms with Crippen molar-refractivity contribution in [3.05, 3.63) is 29.8 Å².